The van der Waals surface area contributed by atoms with E-state index in [-0.39, 0.29) is 24.0 Å². The molecule has 2 aromatic heterocycles. The minimum absolute atomic E-state index is 0.0460. The van der Waals surface area contributed by atoms with Crippen LogP contribution in [0.15, 0.2) is 53.4 Å². The quantitative estimate of drug-likeness (QED) is 0.337. The monoisotopic (exact) mass is 562 g/mol. The molecule has 2 fully saturated rings. The molecule has 9 heteroatoms. The van der Waals surface area contributed by atoms with Crippen molar-refractivity contribution < 1.29 is 19.4 Å². The van der Waals surface area contributed by atoms with Crippen LogP contribution in [0.5, 0.6) is 0 Å². The SMILES string of the molecule is COC(=O)N(C)C1CCC(CC(=O)Nc2cc(-c3ccsc3)c(-c3ccc([C@]4(N)C[C@](C)(O)C4)cc3)cn2)CC1. The number of benzene rings is 1. The van der Waals surface area contributed by atoms with Crippen LogP contribution >= 0.6 is 11.3 Å². The number of hydrogen-bond acceptors (Lipinski definition) is 7. The second-order valence-electron chi connectivity index (χ2n) is 11.7. The lowest BCUT2D eigenvalue weighted by Crippen LogP contribution is -2.58. The molecule has 4 N–H and O–H groups in total. The number of carbonyl (C=O) groups is 2. The summed E-state index contributed by atoms with van der Waals surface area (Å²) >= 11 is 1.62. The molecule has 1 aromatic carbocycles. The zero-order chi connectivity index (χ0) is 28.5. The van der Waals surface area contributed by atoms with Gasteiger partial charge in [0.05, 0.1) is 12.7 Å². The van der Waals surface area contributed by atoms with E-state index in [0.717, 1.165) is 53.5 Å². The Balaban J connectivity index is 1.26. The molecule has 2 aliphatic carbocycles. The maximum Gasteiger partial charge on any atom is 0.409 e. The zero-order valence-corrected chi connectivity index (χ0v) is 24.2. The van der Waals surface area contributed by atoms with E-state index < -0.39 is 11.1 Å². The largest absolute Gasteiger partial charge is 0.453 e. The number of carbonyl (C=O) groups excluding carboxylic acids is 2. The summed E-state index contributed by atoms with van der Waals surface area (Å²) in [6, 6.07) is 12.3. The van der Waals surface area contributed by atoms with Crippen molar-refractivity contribution in [2.24, 2.45) is 11.7 Å². The molecule has 0 atom stereocenters. The average Bonchev–Trinajstić information content (AvgIpc) is 3.46. The van der Waals surface area contributed by atoms with E-state index in [1.54, 1.807) is 23.3 Å². The Bertz CT molecular complexity index is 1340. The molecule has 2 saturated carbocycles. The Morgan fingerprint density at radius 3 is 2.42 bits per heavy atom. The molecule has 0 bridgehead atoms. The van der Waals surface area contributed by atoms with Crippen LogP contribution in [0.25, 0.3) is 22.3 Å². The van der Waals surface area contributed by atoms with Crippen LogP contribution in [0.4, 0.5) is 10.6 Å². The highest BCUT2D eigenvalue weighted by Crippen LogP contribution is 2.46. The molecule has 5 rings (SSSR count). The van der Waals surface area contributed by atoms with Crippen LogP contribution in [0.1, 0.15) is 57.4 Å². The van der Waals surface area contributed by atoms with Crippen LogP contribution in [-0.4, -0.2) is 52.8 Å². The third kappa shape index (κ3) is 6.06. The molecule has 0 saturated heterocycles. The number of aliphatic hydroxyl groups is 1. The van der Waals surface area contributed by atoms with Crippen molar-refractivity contribution in [1.29, 1.82) is 0 Å². The molecule has 0 aliphatic heterocycles. The second-order valence-corrected chi connectivity index (χ2v) is 12.5. The van der Waals surface area contributed by atoms with Gasteiger partial charge in [-0.2, -0.15) is 11.3 Å². The predicted molar refractivity (Wildman–Crippen MR) is 158 cm³/mol. The third-order valence-corrected chi connectivity index (χ3v) is 9.15. The molecule has 8 nitrogen and oxygen atoms in total. The minimum Gasteiger partial charge on any atom is -0.453 e. The fraction of sp³-hybridized carbons (Fsp3) is 0.452. The molecule has 3 aromatic rings. The molecule has 2 heterocycles. The Kier molecular flexibility index (Phi) is 7.99. The van der Waals surface area contributed by atoms with Gasteiger partial charge in [-0.25, -0.2) is 9.78 Å². The standard InChI is InChI=1S/C31H38N4O4S/c1-30(38)18-31(32,19-30)23-8-6-21(7-9-23)26-16-33-27(15-25(26)22-12-13-40-17-22)34-28(36)14-20-4-10-24(11-5-20)35(2)29(37)39-3/h6-9,12-13,15-17,20,24,38H,4-5,10-11,14,18-19,32H2,1-3H3,(H,33,34,36)/t20?,24?,30-,31-. The van der Waals surface area contributed by atoms with Crippen molar-refractivity contribution in [1.82, 2.24) is 9.88 Å². The number of aromatic nitrogens is 1. The maximum atomic E-state index is 13.0. The van der Waals surface area contributed by atoms with Gasteiger partial charge in [0.15, 0.2) is 0 Å². The number of thiophene rings is 1. The zero-order valence-electron chi connectivity index (χ0n) is 23.4. The second kappa shape index (κ2) is 11.3. The number of anilines is 1. The van der Waals surface area contributed by atoms with Gasteiger partial charge >= 0.3 is 6.09 Å². The molecule has 0 radical (unpaired) electrons. The fourth-order valence-corrected chi connectivity index (χ4v) is 7.04. The molecular weight excluding hydrogens is 524 g/mol. The number of methoxy groups -OCH3 is 1. The molecule has 212 valence electrons. The normalized spacial score (nSPS) is 26.0. The van der Waals surface area contributed by atoms with Gasteiger partial charge in [-0.3, -0.25) is 4.79 Å². The van der Waals surface area contributed by atoms with Gasteiger partial charge in [0.2, 0.25) is 5.91 Å². The van der Waals surface area contributed by atoms with Crippen LogP contribution in [-0.2, 0) is 15.1 Å². The summed E-state index contributed by atoms with van der Waals surface area (Å²) in [6.45, 7) is 1.82. The molecule has 0 spiro atoms. The van der Waals surface area contributed by atoms with Crippen molar-refractivity contribution in [2.45, 2.75) is 69.1 Å². The Morgan fingerprint density at radius 1 is 1.12 bits per heavy atom. The topological polar surface area (TPSA) is 118 Å². The molecule has 0 unspecified atom stereocenters. The van der Waals surface area contributed by atoms with Crippen LogP contribution in [0.3, 0.4) is 0 Å². The van der Waals surface area contributed by atoms with E-state index in [0.29, 0.717) is 25.1 Å². The summed E-state index contributed by atoms with van der Waals surface area (Å²) in [6.07, 6.45) is 6.53. The van der Waals surface area contributed by atoms with E-state index in [4.69, 9.17) is 10.5 Å². The summed E-state index contributed by atoms with van der Waals surface area (Å²) in [5.74, 6) is 0.764. The summed E-state index contributed by atoms with van der Waals surface area (Å²) in [4.78, 5) is 31.0. The van der Waals surface area contributed by atoms with Gasteiger partial charge in [0.1, 0.15) is 5.82 Å². The lowest BCUT2D eigenvalue weighted by molar-refractivity contribution is -0.117. The number of amides is 2. The summed E-state index contributed by atoms with van der Waals surface area (Å²) < 4.78 is 4.83. The van der Waals surface area contributed by atoms with Crippen LogP contribution in [0, 0.1) is 5.92 Å². The van der Waals surface area contributed by atoms with E-state index in [2.05, 4.69) is 33.9 Å². The van der Waals surface area contributed by atoms with Crippen molar-refractivity contribution in [3.8, 4) is 22.3 Å². The van der Waals surface area contributed by atoms with Crippen molar-refractivity contribution in [3.05, 3.63) is 58.9 Å². The Hall–Kier alpha value is -3.27. The number of nitrogens with zero attached hydrogens (tertiary/aromatic N) is 2. The van der Waals surface area contributed by atoms with E-state index in [1.165, 1.54) is 7.11 Å². The van der Waals surface area contributed by atoms with Gasteiger partial charge in [-0.05, 0) is 96.5 Å². The number of ether oxygens (including phenoxy) is 1. The lowest BCUT2D eigenvalue weighted by Gasteiger charge is -2.49. The summed E-state index contributed by atoms with van der Waals surface area (Å²) in [5, 5.41) is 17.3. The first-order chi connectivity index (χ1) is 19.1. The number of rotatable bonds is 7. The van der Waals surface area contributed by atoms with E-state index >= 15 is 0 Å². The number of nitrogens with two attached hydrogens (primary N) is 1. The first kappa shape index (κ1) is 28.3. The van der Waals surface area contributed by atoms with Crippen molar-refractivity contribution in [2.75, 3.05) is 19.5 Å². The summed E-state index contributed by atoms with van der Waals surface area (Å²) in [7, 11) is 3.17. The Labute approximate surface area is 239 Å². The molecule has 2 aliphatic rings. The highest BCUT2D eigenvalue weighted by Gasteiger charge is 2.49. The Morgan fingerprint density at radius 2 is 1.82 bits per heavy atom. The smallest absolute Gasteiger partial charge is 0.409 e. The molecule has 2 amide bonds. The number of pyridine rings is 1. The van der Waals surface area contributed by atoms with E-state index in [1.807, 2.05) is 36.7 Å². The van der Waals surface area contributed by atoms with Gasteiger partial charge in [-0.15, -0.1) is 0 Å². The van der Waals surface area contributed by atoms with Gasteiger partial charge < -0.3 is 25.8 Å². The van der Waals surface area contributed by atoms with Gasteiger partial charge in [0.25, 0.3) is 0 Å². The van der Waals surface area contributed by atoms with Crippen molar-refractivity contribution >= 4 is 29.2 Å². The van der Waals surface area contributed by atoms with Gasteiger partial charge in [0, 0.05) is 36.8 Å². The number of hydrogen-bond donors (Lipinski definition) is 3. The number of nitrogens with one attached hydrogen (secondary N) is 1. The first-order valence-electron chi connectivity index (χ1n) is 13.8. The van der Waals surface area contributed by atoms with Crippen LogP contribution in [0.2, 0.25) is 0 Å². The minimum atomic E-state index is -0.704. The molecule has 40 heavy (non-hydrogen) atoms. The highest BCUT2D eigenvalue weighted by atomic mass is 32.1. The summed E-state index contributed by atoms with van der Waals surface area (Å²) in [5.41, 5.74) is 10.4. The molecular formula is C31H38N4O4S. The van der Waals surface area contributed by atoms with Crippen LogP contribution < -0.4 is 11.1 Å². The van der Waals surface area contributed by atoms with Gasteiger partial charge in [-0.1, -0.05) is 24.3 Å². The van der Waals surface area contributed by atoms with Crippen molar-refractivity contribution in [3.63, 3.8) is 0 Å². The average molecular weight is 563 g/mol. The van der Waals surface area contributed by atoms with E-state index in [9.17, 15) is 14.7 Å². The maximum absolute atomic E-state index is 13.0. The predicted octanol–water partition coefficient (Wildman–Crippen LogP) is 5.76. The lowest BCUT2D eigenvalue weighted by atomic mass is 9.63. The fourth-order valence-electron chi connectivity index (χ4n) is 6.39. The third-order valence-electron chi connectivity index (χ3n) is 8.47. The highest BCUT2D eigenvalue weighted by molar-refractivity contribution is 7.08. The first-order valence-corrected chi connectivity index (χ1v) is 14.8.